The molecule has 3 aromatic rings. The first-order valence-corrected chi connectivity index (χ1v) is 10.6. The Balaban J connectivity index is 1.39. The van der Waals surface area contributed by atoms with Gasteiger partial charge in [-0.05, 0) is 72.6 Å². The van der Waals surface area contributed by atoms with E-state index >= 15 is 0 Å². The number of rotatable bonds is 4. The van der Waals surface area contributed by atoms with Crippen LogP contribution in [0.25, 0.3) is 11.1 Å². The molecule has 0 spiro atoms. The Hall–Kier alpha value is -2.87. The van der Waals surface area contributed by atoms with Gasteiger partial charge in [-0.2, -0.15) is 0 Å². The Labute approximate surface area is 173 Å². The van der Waals surface area contributed by atoms with Gasteiger partial charge in [0.15, 0.2) is 0 Å². The van der Waals surface area contributed by atoms with Gasteiger partial charge in [0.2, 0.25) is 0 Å². The highest BCUT2D eigenvalue weighted by Crippen LogP contribution is 2.36. The molecule has 0 radical (unpaired) electrons. The van der Waals surface area contributed by atoms with Gasteiger partial charge >= 0.3 is 5.97 Å². The first-order chi connectivity index (χ1) is 14.1. The lowest BCUT2D eigenvalue weighted by Crippen LogP contribution is -2.11. The number of benzene rings is 3. The average molecular weight is 385 g/mol. The maximum absolute atomic E-state index is 12.5. The zero-order valence-corrected chi connectivity index (χ0v) is 17.2. The first kappa shape index (κ1) is 19.4. The molecule has 1 aliphatic carbocycles. The van der Waals surface area contributed by atoms with Crippen molar-refractivity contribution in [1.82, 2.24) is 0 Å². The van der Waals surface area contributed by atoms with Crippen LogP contribution in [0.2, 0.25) is 0 Å². The molecule has 29 heavy (non-hydrogen) atoms. The zero-order chi connectivity index (χ0) is 20.2. The summed E-state index contributed by atoms with van der Waals surface area (Å²) >= 11 is 0. The number of esters is 1. The van der Waals surface area contributed by atoms with Crippen molar-refractivity contribution in [2.75, 3.05) is 0 Å². The van der Waals surface area contributed by atoms with Crippen molar-refractivity contribution in [3.8, 4) is 16.9 Å². The van der Waals surface area contributed by atoms with E-state index in [0.717, 1.165) is 17.0 Å². The average Bonchev–Trinajstić information content (AvgIpc) is 2.76. The lowest BCUT2D eigenvalue weighted by Gasteiger charge is -2.26. The third-order valence-electron chi connectivity index (χ3n) is 6.08. The molecule has 148 valence electrons. The van der Waals surface area contributed by atoms with Crippen LogP contribution in [0, 0.1) is 12.8 Å². The van der Waals surface area contributed by atoms with Crippen molar-refractivity contribution >= 4 is 5.97 Å². The summed E-state index contributed by atoms with van der Waals surface area (Å²) in [6.45, 7) is 4.41. The van der Waals surface area contributed by atoms with Gasteiger partial charge in [0.05, 0.1) is 5.56 Å². The van der Waals surface area contributed by atoms with Crippen molar-refractivity contribution in [2.24, 2.45) is 5.92 Å². The Morgan fingerprint density at radius 1 is 0.759 bits per heavy atom. The molecule has 1 aliphatic rings. The lowest BCUT2D eigenvalue weighted by molar-refractivity contribution is 0.0734. The van der Waals surface area contributed by atoms with Gasteiger partial charge in [0.25, 0.3) is 0 Å². The molecule has 0 amide bonds. The molecule has 0 aliphatic heterocycles. The quantitative estimate of drug-likeness (QED) is 0.352. The molecule has 4 rings (SSSR count). The number of carbonyl (C=O) groups excluding carboxylic acids is 1. The largest absolute Gasteiger partial charge is 0.423 e. The fourth-order valence-electron chi connectivity index (χ4n) is 4.11. The Bertz CT molecular complexity index is 945. The van der Waals surface area contributed by atoms with Crippen LogP contribution < -0.4 is 4.74 Å². The molecular formula is C27H28O2. The Morgan fingerprint density at radius 3 is 1.90 bits per heavy atom. The molecule has 0 saturated heterocycles. The SMILES string of the molecule is Cc1ccc(-c2ccc(C(=O)Oc3ccc(C4CCC(C)CC4)cc3)cc2)cc1. The topological polar surface area (TPSA) is 26.3 Å². The van der Waals surface area contributed by atoms with E-state index < -0.39 is 0 Å². The summed E-state index contributed by atoms with van der Waals surface area (Å²) in [5.41, 5.74) is 5.39. The minimum absolute atomic E-state index is 0.320. The normalized spacial score (nSPS) is 19.0. The summed E-state index contributed by atoms with van der Waals surface area (Å²) in [6.07, 6.45) is 5.13. The van der Waals surface area contributed by atoms with Gasteiger partial charge in [-0.1, -0.05) is 73.9 Å². The summed E-state index contributed by atoms with van der Waals surface area (Å²) in [4.78, 5) is 12.5. The van der Waals surface area contributed by atoms with Gasteiger partial charge in [-0.3, -0.25) is 0 Å². The van der Waals surface area contributed by atoms with Crippen molar-refractivity contribution in [3.05, 3.63) is 89.5 Å². The van der Waals surface area contributed by atoms with Gasteiger partial charge in [-0.15, -0.1) is 0 Å². The second kappa shape index (κ2) is 8.65. The van der Waals surface area contributed by atoms with E-state index in [4.69, 9.17) is 4.74 Å². The molecule has 1 fully saturated rings. The van der Waals surface area contributed by atoms with Crippen LogP contribution in [0.5, 0.6) is 5.75 Å². The highest BCUT2D eigenvalue weighted by atomic mass is 16.5. The van der Waals surface area contributed by atoms with Crippen LogP contribution in [0.3, 0.4) is 0 Å². The van der Waals surface area contributed by atoms with E-state index in [0.29, 0.717) is 17.2 Å². The highest BCUT2D eigenvalue weighted by Gasteiger charge is 2.19. The fraction of sp³-hybridized carbons (Fsp3) is 0.296. The molecule has 2 nitrogen and oxygen atoms in total. The maximum Gasteiger partial charge on any atom is 0.343 e. The maximum atomic E-state index is 12.5. The van der Waals surface area contributed by atoms with Gasteiger partial charge in [0, 0.05) is 0 Å². The van der Waals surface area contributed by atoms with Crippen LogP contribution in [-0.2, 0) is 0 Å². The third kappa shape index (κ3) is 4.76. The molecule has 0 atom stereocenters. The standard InChI is InChI=1S/C27H28O2/c1-19-3-7-21(8-4-19)23-11-13-25(14-12-23)27(28)29-26-17-15-24(16-18-26)22-9-5-20(2)6-10-22/h3-4,7-8,11-18,20,22H,5-6,9-10H2,1-2H3. The summed E-state index contributed by atoms with van der Waals surface area (Å²) in [5.74, 6) is 1.78. The predicted octanol–water partition coefficient (Wildman–Crippen LogP) is 7.17. The number of hydrogen-bond donors (Lipinski definition) is 0. The third-order valence-corrected chi connectivity index (χ3v) is 6.08. The minimum atomic E-state index is -0.320. The number of carbonyl (C=O) groups is 1. The summed E-state index contributed by atoms with van der Waals surface area (Å²) < 4.78 is 5.58. The van der Waals surface area contributed by atoms with Gasteiger partial charge in [0.1, 0.15) is 5.75 Å². The van der Waals surface area contributed by atoms with Crippen LogP contribution in [0.15, 0.2) is 72.8 Å². The molecule has 0 bridgehead atoms. The smallest absolute Gasteiger partial charge is 0.343 e. The zero-order valence-electron chi connectivity index (χ0n) is 17.2. The number of aryl methyl sites for hydroxylation is 1. The van der Waals surface area contributed by atoms with Crippen LogP contribution in [0.4, 0.5) is 0 Å². The molecule has 0 N–H and O–H groups in total. The Morgan fingerprint density at radius 2 is 1.31 bits per heavy atom. The van der Waals surface area contributed by atoms with E-state index in [1.165, 1.54) is 36.8 Å². The lowest BCUT2D eigenvalue weighted by atomic mass is 9.79. The van der Waals surface area contributed by atoms with E-state index in [-0.39, 0.29) is 5.97 Å². The predicted molar refractivity (Wildman–Crippen MR) is 118 cm³/mol. The molecule has 1 saturated carbocycles. The monoisotopic (exact) mass is 384 g/mol. The van der Waals surface area contributed by atoms with E-state index in [1.807, 2.05) is 36.4 Å². The summed E-state index contributed by atoms with van der Waals surface area (Å²) in [7, 11) is 0. The molecule has 0 aromatic heterocycles. The summed E-state index contributed by atoms with van der Waals surface area (Å²) in [5, 5.41) is 0. The number of ether oxygens (including phenoxy) is 1. The van der Waals surface area contributed by atoms with Crippen molar-refractivity contribution in [1.29, 1.82) is 0 Å². The van der Waals surface area contributed by atoms with Crippen LogP contribution >= 0.6 is 0 Å². The Kier molecular flexibility index (Phi) is 5.80. The van der Waals surface area contributed by atoms with Crippen LogP contribution in [0.1, 0.15) is 60.0 Å². The van der Waals surface area contributed by atoms with E-state index in [9.17, 15) is 4.79 Å². The van der Waals surface area contributed by atoms with E-state index in [2.05, 4.69) is 50.2 Å². The minimum Gasteiger partial charge on any atom is -0.423 e. The highest BCUT2D eigenvalue weighted by molar-refractivity contribution is 5.91. The fourth-order valence-corrected chi connectivity index (χ4v) is 4.11. The molecule has 3 aromatic carbocycles. The number of hydrogen-bond acceptors (Lipinski definition) is 2. The second-order valence-corrected chi connectivity index (χ2v) is 8.36. The molecule has 2 heteroatoms. The van der Waals surface area contributed by atoms with Crippen molar-refractivity contribution < 1.29 is 9.53 Å². The summed E-state index contributed by atoms with van der Waals surface area (Å²) in [6, 6.07) is 24.0. The van der Waals surface area contributed by atoms with E-state index in [1.54, 1.807) is 0 Å². The molecule has 0 heterocycles. The molecular weight excluding hydrogens is 356 g/mol. The molecule has 0 unspecified atom stereocenters. The van der Waals surface area contributed by atoms with Gasteiger partial charge < -0.3 is 4.74 Å². The van der Waals surface area contributed by atoms with Crippen molar-refractivity contribution in [2.45, 2.75) is 45.4 Å². The van der Waals surface area contributed by atoms with Crippen LogP contribution in [-0.4, -0.2) is 5.97 Å². The first-order valence-electron chi connectivity index (χ1n) is 10.6. The second-order valence-electron chi connectivity index (χ2n) is 8.36. The van der Waals surface area contributed by atoms with Crippen molar-refractivity contribution in [3.63, 3.8) is 0 Å². The van der Waals surface area contributed by atoms with Gasteiger partial charge in [-0.25, -0.2) is 4.79 Å².